The second kappa shape index (κ2) is 6.79. The fourth-order valence-corrected chi connectivity index (χ4v) is 2.31. The maximum Gasteiger partial charge on any atom is 0.169 e. The molecule has 0 aliphatic rings. The highest BCUT2D eigenvalue weighted by molar-refractivity contribution is 5.85. The number of hydrogen-bond acceptors (Lipinski definition) is 5. The second-order valence-electron chi connectivity index (χ2n) is 4.84. The molecule has 0 amide bonds. The zero-order chi connectivity index (χ0) is 16.1. The minimum Gasteiger partial charge on any atom is -0.493 e. The predicted molar refractivity (Wildman–Crippen MR) is 92.5 cm³/mol. The van der Waals surface area contributed by atoms with Crippen LogP contribution >= 0.6 is 0 Å². The number of aromatic nitrogens is 1. The van der Waals surface area contributed by atoms with Crippen LogP contribution in [0.1, 0.15) is 5.56 Å². The molecule has 1 N–H and O–H groups in total. The molecule has 0 radical (unpaired) electrons. The van der Waals surface area contributed by atoms with E-state index < -0.39 is 0 Å². The Bertz CT molecular complexity index is 847. The molecule has 23 heavy (non-hydrogen) atoms. The first kappa shape index (κ1) is 14.8. The highest BCUT2D eigenvalue weighted by atomic mass is 16.5. The third-order valence-corrected chi connectivity index (χ3v) is 3.41. The largest absolute Gasteiger partial charge is 0.493 e. The number of nitrogens with zero attached hydrogens (tertiary/aromatic N) is 2. The van der Waals surface area contributed by atoms with Crippen LogP contribution in [0.2, 0.25) is 0 Å². The van der Waals surface area contributed by atoms with Crippen LogP contribution < -0.4 is 14.9 Å². The van der Waals surface area contributed by atoms with E-state index in [2.05, 4.69) is 15.5 Å². The number of rotatable bonds is 5. The van der Waals surface area contributed by atoms with Gasteiger partial charge < -0.3 is 9.47 Å². The van der Waals surface area contributed by atoms with Gasteiger partial charge in [-0.05, 0) is 30.3 Å². The average molecular weight is 307 g/mol. The third-order valence-electron chi connectivity index (χ3n) is 3.41. The number of nitrogens with one attached hydrogen (secondary N) is 1. The van der Waals surface area contributed by atoms with Crippen molar-refractivity contribution in [2.24, 2.45) is 5.10 Å². The first-order valence-corrected chi connectivity index (χ1v) is 7.17. The summed E-state index contributed by atoms with van der Waals surface area (Å²) in [5, 5.41) is 5.32. The van der Waals surface area contributed by atoms with Crippen LogP contribution in [0.15, 0.2) is 59.7 Å². The molecule has 2 aromatic carbocycles. The molecule has 3 aromatic rings. The van der Waals surface area contributed by atoms with Crippen LogP contribution in [-0.2, 0) is 0 Å². The topological polar surface area (TPSA) is 55.7 Å². The molecule has 1 aromatic heterocycles. The molecule has 0 atom stereocenters. The molecule has 5 heteroatoms. The van der Waals surface area contributed by atoms with Crippen LogP contribution in [0.5, 0.6) is 11.5 Å². The Labute approximate surface area is 134 Å². The van der Waals surface area contributed by atoms with Gasteiger partial charge in [0.1, 0.15) is 5.82 Å². The number of methoxy groups -OCH3 is 2. The molecule has 0 unspecified atom stereocenters. The second-order valence-corrected chi connectivity index (χ2v) is 4.84. The Balaban J connectivity index is 1.80. The first-order valence-electron chi connectivity index (χ1n) is 7.17. The van der Waals surface area contributed by atoms with Crippen molar-refractivity contribution in [3.8, 4) is 11.5 Å². The van der Waals surface area contributed by atoms with Gasteiger partial charge in [-0.15, -0.1) is 0 Å². The molecular formula is C18H17N3O2. The van der Waals surface area contributed by atoms with Crippen molar-refractivity contribution >= 4 is 22.9 Å². The summed E-state index contributed by atoms with van der Waals surface area (Å²) in [7, 11) is 3.21. The summed E-state index contributed by atoms with van der Waals surface area (Å²) in [5.41, 5.74) is 4.68. The number of pyridine rings is 1. The van der Waals surface area contributed by atoms with E-state index in [9.17, 15) is 0 Å². The lowest BCUT2D eigenvalue weighted by atomic mass is 10.2. The molecule has 0 spiro atoms. The van der Waals surface area contributed by atoms with Crippen molar-refractivity contribution in [3.63, 3.8) is 0 Å². The number of anilines is 1. The smallest absolute Gasteiger partial charge is 0.169 e. The summed E-state index contributed by atoms with van der Waals surface area (Å²) in [6, 6.07) is 17.5. The summed E-state index contributed by atoms with van der Waals surface area (Å²) in [6.45, 7) is 0. The summed E-state index contributed by atoms with van der Waals surface area (Å²) in [6.07, 6.45) is 1.68. The van der Waals surface area contributed by atoms with Crippen molar-refractivity contribution in [1.29, 1.82) is 0 Å². The van der Waals surface area contributed by atoms with Crippen LogP contribution in [0.4, 0.5) is 5.82 Å². The van der Waals surface area contributed by atoms with Crippen LogP contribution in [0, 0.1) is 0 Å². The van der Waals surface area contributed by atoms with E-state index in [0.717, 1.165) is 16.5 Å². The Hall–Kier alpha value is -3.08. The standard InChI is InChI=1S/C18H17N3O2/c1-22-16-9-5-7-14(18(16)23-2)12-19-21-17-11-10-13-6-3-4-8-15(13)20-17/h3-12H,1-2H3,(H,20,21)/b19-12+. The molecule has 3 rings (SSSR count). The summed E-state index contributed by atoms with van der Waals surface area (Å²) >= 11 is 0. The lowest BCUT2D eigenvalue weighted by Gasteiger charge is -2.09. The normalized spacial score (nSPS) is 10.9. The summed E-state index contributed by atoms with van der Waals surface area (Å²) < 4.78 is 10.6. The molecule has 116 valence electrons. The van der Waals surface area contributed by atoms with Gasteiger partial charge in [0.25, 0.3) is 0 Å². The number of ether oxygens (including phenoxy) is 2. The SMILES string of the molecule is COc1cccc(/C=N/Nc2ccc3ccccc3n2)c1OC. The summed E-state index contributed by atoms with van der Waals surface area (Å²) in [5.74, 6) is 1.99. The number of benzene rings is 2. The average Bonchev–Trinajstić information content (AvgIpc) is 2.61. The van der Waals surface area contributed by atoms with Crippen molar-refractivity contribution in [2.75, 3.05) is 19.6 Å². The fraction of sp³-hybridized carbons (Fsp3) is 0.111. The van der Waals surface area contributed by atoms with Crippen LogP contribution in [0.3, 0.4) is 0 Å². The van der Waals surface area contributed by atoms with Gasteiger partial charge in [-0.1, -0.05) is 24.3 Å². The molecule has 1 heterocycles. The quantitative estimate of drug-likeness (QED) is 0.577. The van der Waals surface area contributed by atoms with Crippen LogP contribution in [0.25, 0.3) is 10.9 Å². The predicted octanol–water partition coefficient (Wildman–Crippen LogP) is 3.70. The van der Waals surface area contributed by atoms with Gasteiger partial charge in [-0.3, -0.25) is 5.43 Å². The third kappa shape index (κ3) is 3.23. The van der Waals surface area contributed by atoms with Crippen LogP contribution in [-0.4, -0.2) is 25.4 Å². The Kier molecular flexibility index (Phi) is 4.38. The number of fused-ring (bicyclic) bond motifs is 1. The minimum absolute atomic E-state index is 0.645. The van der Waals surface area contributed by atoms with Gasteiger partial charge in [0.15, 0.2) is 11.5 Å². The molecule has 5 nitrogen and oxygen atoms in total. The molecule has 0 aliphatic heterocycles. The van der Waals surface area contributed by atoms with E-state index in [1.54, 1.807) is 20.4 Å². The van der Waals surface area contributed by atoms with E-state index in [1.807, 2.05) is 54.6 Å². The first-order chi connectivity index (χ1) is 11.3. The van der Waals surface area contributed by atoms with E-state index in [0.29, 0.717) is 17.3 Å². The molecular weight excluding hydrogens is 290 g/mol. The number of para-hydroxylation sites is 2. The van der Waals surface area contributed by atoms with Gasteiger partial charge in [-0.2, -0.15) is 5.10 Å². The number of hydrazone groups is 1. The molecule has 0 aliphatic carbocycles. The lowest BCUT2D eigenvalue weighted by Crippen LogP contribution is -1.97. The zero-order valence-electron chi connectivity index (χ0n) is 13.0. The van der Waals surface area contributed by atoms with Crippen molar-refractivity contribution in [2.45, 2.75) is 0 Å². The molecule has 0 fully saturated rings. The zero-order valence-corrected chi connectivity index (χ0v) is 13.0. The molecule has 0 saturated carbocycles. The van der Waals surface area contributed by atoms with Crippen molar-refractivity contribution < 1.29 is 9.47 Å². The van der Waals surface area contributed by atoms with Gasteiger partial charge in [0.2, 0.25) is 0 Å². The summed E-state index contributed by atoms with van der Waals surface area (Å²) in [4.78, 5) is 4.50. The number of hydrogen-bond donors (Lipinski definition) is 1. The fourth-order valence-electron chi connectivity index (χ4n) is 2.31. The molecule has 0 saturated heterocycles. The van der Waals surface area contributed by atoms with Crippen molar-refractivity contribution in [3.05, 3.63) is 60.2 Å². The van der Waals surface area contributed by atoms with Gasteiger partial charge in [0.05, 0.1) is 26.0 Å². The Morgan fingerprint density at radius 2 is 1.83 bits per heavy atom. The monoisotopic (exact) mass is 307 g/mol. The van der Waals surface area contributed by atoms with E-state index in [4.69, 9.17) is 9.47 Å². The maximum atomic E-state index is 5.37. The minimum atomic E-state index is 0.645. The Morgan fingerprint density at radius 3 is 2.65 bits per heavy atom. The van der Waals surface area contributed by atoms with Crippen molar-refractivity contribution in [1.82, 2.24) is 4.98 Å². The van der Waals surface area contributed by atoms with Gasteiger partial charge >= 0.3 is 0 Å². The Morgan fingerprint density at radius 1 is 0.957 bits per heavy atom. The van der Waals surface area contributed by atoms with E-state index in [1.165, 1.54) is 0 Å². The maximum absolute atomic E-state index is 5.37. The van der Waals surface area contributed by atoms with E-state index in [-0.39, 0.29) is 0 Å². The van der Waals surface area contributed by atoms with Gasteiger partial charge in [-0.25, -0.2) is 4.98 Å². The highest BCUT2D eigenvalue weighted by Gasteiger charge is 2.07. The highest BCUT2D eigenvalue weighted by Crippen LogP contribution is 2.29. The van der Waals surface area contributed by atoms with E-state index >= 15 is 0 Å². The lowest BCUT2D eigenvalue weighted by molar-refractivity contribution is 0.354. The molecule has 0 bridgehead atoms. The van der Waals surface area contributed by atoms with Gasteiger partial charge in [0, 0.05) is 10.9 Å².